The van der Waals surface area contributed by atoms with E-state index in [1.54, 1.807) is 0 Å². The lowest BCUT2D eigenvalue weighted by Gasteiger charge is -2.31. The molecule has 1 aromatic carbocycles. The largest absolute Gasteiger partial charge is 0.367 e. The van der Waals surface area contributed by atoms with Gasteiger partial charge in [0, 0.05) is 6.54 Å². The molecule has 0 aromatic heterocycles. The van der Waals surface area contributed by atoms with E-state index < -0.39 is 0 Å². The zero-order valence-corrected chi connectivity index (χ0v) is 11.8. The van der Waals surface area contributed by atoms with E-state index in [1.165, 1.54) is 0 Å². The first-order chi connectivity index (χ1) is 9.15. The van der Waals surface area contributed by atoms with Crippen molar-refractivity contribution in [2.45, 2.75) is 38.8 Å². The average molecular weight is 264 g/mol. The van der Waals surface area contributed by atoms with Gasteiger partial charge in [-0.05, 0) is 18.4 Å². The molecule has 0 aliphatic heterocycles. The molecule has 0 saturated heterocycles. The van der Waals surface area contributed by atoms with Crippen LogP contribution in [-0.2, 0) is 16.1 Å². The molecule has 0 saturated carbocycles. The highest BCUT2D eigenvalue weighted by Gasteiger charge is 2.25. The van der Waals surface area contributed by atoms with Crippen LogP contribution >= 0.6 is 0 Å². The van der Waals surface area contributed by atoms with E-state index >= 15 is 0 Å². The molecule has 0 fully saturated rings. The van der Waals surface area contributed by atoms with Gasteiger partial charge in [0.2, 0.25) is 5.91 Å². The van der Waals surface area contributed by atoms with Crippen LogP contribution in [0.5, 0.6) is 0 Å². The standard InChI is InChI=1S/C15H24N2O2/c1-3-15(4-2,12-16)17-14(18)11-19-10-13-8-6-5-7-9-13/h5-9H,3-4,10-12,16H2,1-2H3,(H,17,18). The fourth-order valence-corrected chi connectivity index (χ4v) is 1.93. The topological polar surface area (TPSA) is 64.3 Å². The fourth-order valence-electron chi connectivity index (χ4n) is 1.93. The van der Waals surface area contributed by atoms with Crippen molar-refractivity contribution >= 4 is 5.91 Å². The molecule has 106 valence electrons. The summed E-state index contributed by atoms with van der Waals surface area (Å²) < 4.78 is 5.41. The van der Waals surface area contributed by atoms with Crippen LogP contribution in [0.3, 0.4) is 0 Å². The van der Waals surface area contributed by atoms with E-state index in [9.17, 15) is 4.79 Å². The first-order valence-electron chi connectivity index (χ1n) is 6.78. The Morgan fingerprint density at radius 2 is 1.89 bits per heavy atom. The molecule has 0 bridgehead atoms. The number of benzene rings is 1. The summed E-state index contributed by atoms with van der Waals surface area (Å²) >= 11 is 0. The summed E-state index contributed by atoms with van der Waals surface area (Å²) in [6.45, 7) is 5.02. The summed E-state index contributed by atoms with van der Waals surface area (Å²) in [5.74, 6) is -0.106. The lowest BCUT2D eigenvalue weighted by Crippen LogP contribution is -2.53. The molecule has 1 amide bonds. The van der Waals surface area contributed by atoms with Crippen LogP contribution in [0.1, 0.15) is 32.3 Å². The quantitative estimate of drug-likeness (QED) is 0.753. The van der Waals surface area contributed by atoms with Crippen molar-refractivity contribution < 1.29 is 9.53 Å². The third kappa shape index (κ3) is 5.01. The Morgan fingerprint density at radius 3 is 2.42 bits per heavy atom. The molecule has 1 aromatic rings. The molecular weight excluding hydrogens is 240 g/mol. The van der Waals surface area contributed by atoms with Crippen LogP contribution in [-0.4, -0.2) is 24.6 Å². The predicted molar refractivity (Wildman–Crippen MR) is 76.6 cm³/mol. The summed E-state index contributed by atoms with van der Waals surface area (Å²) in [6.07, 6.45) is 1.65. The number of nitrogens with one attached hydrogen (secondary N) is 1. The zero-order valence-electron chi connectivity index (χ0n) is 11.8. The molecule has 1 rings (SSSR count). The van der Waals surface area contributed by atoms with Gasteiger partial charge in [-0.15, -0.1) is 0 Å². The van der Waals surface area contributed by atoms with Crippen molar-refractivity contribution in [2.75, 3.05) is 13.2 Å². The van der Waals surface area contributed by atoms with Crippen molar-refractivity contribution in [3.05, 3.63) is 35.9 Å². The second-order valence-corrected chi connectivity index (χ2v) is 4.72. The van der Waals surface area contributed by atoms with Crippen LogP contribution in [0.4, 0.5) is 0 Å². The van der Waals surface area contributed by atoms with E-state index in [0.717, 1.165) is 18.4 Å². The summed E-state index contributed by atoms with van der Waals surface area (Å²) in [5, 5.41) is 2.98. The summed E-state index contributed by atoms with van der Waals surface area (Å²) in [5.41, 5.74) is 6.50. The molecule has 4 nitrogen and oxygen atoms in total. The highest BCUT2D eigenvalue weighted by Crippen LogP contribution is 2.12. The highest BCUT2D eigenvalue weighted by molar-refractivity contribution is 5.78. The minimum Gasteiger partial charge on any atom is -0.367 e. The van der Waals surface area contributed by atoms with Gasteiger partial charge in [-0.2, -0.15) is 0 Å². The minimum atomic E-state index is -0.298. The Labute approximate surface area is 115 Å². The molecule has 0 aliphatic rings. The number of hydrogen-bond acceptors (Lipinski definition) is 3. The van der Waals surface area contributed by atoms with E-state index in [0.29, 0.717) is 13.2 Å². The smallest absolute Gasteiger partial charge is 0.246 e. The number of ether oxygens (including phenoxy) is 1. The van der Waals surface area contributed by atoms with Gasteiger partial charge in [0.1, 0.15) is 6.61 Å². The SMILES string of the molecule is CCC(CC)(CN)NC(=O)COCc1ccccc1. The maximum atomic E-state index is 11.8. The van der Waals surface area contributed by atoms with Gasteiger partial charge in [-0.25, -0.2) is 0 Å². The molecular formula is C15H24N2O2. The van der Waals surface area contributed by atoms with E-state index in [2.05, 4.69) is 5.32 Å². The minimum absolute atomic E-state index is 0.0661. The third-order valence-corrected chi connectivity index (χ3v) is 3.49. The van der Waals surface area contributed by atoms with Crippen molar-refractivity contribution in [1.82, 2.24) is 5.32 Å². The number of nitrogens with two attached hydrogens (primary N) is 1. The summed E-state index contributed by atoms with van der Waals surface area (Å²) in [7, 11) is 0. The molecule has 0 heterocycles. The number of carbonyl (C=O) groups is 1. The molecule has 0 atom stereocenters. The predicted octanol–water partition coefficient (Wildman–Crippen LogP) is 1.84. The Hall–Kier alpha value is -1.39. The summed E-state index contributed by atoms with van der Waals surface area (Å²) in [4.78, 5) is 11.8. The zero-order chi connectivity index (χ0) is 14.1. The van der Waals surface area contributed by atoms with Crippen LogP contribution in [0.2, 0.25) is 0 Å². The Kier molecular flexibility index (Phi) is 6.53. The average Bonchev–Trinajstić information content (AvgIpc) is 2.46. The maximum absolute atomic E-state index is 11.8. The molecule has 0 unspecified atom stereocenters. The van der Waals surface area contributed by atoms with Crippen LogP contribution in [0.15, 0.2) is 30.3 Å². The van der Waals surface area contributed by atoms with Crippen LogP contribution in [0.25, 0.3) is 0 Å². The Morgan fingerprint density at radius 1 is 1.26 bits per heavy atom. The van der Waals surface area contributed by atoms with Crippen molar-refractivity contribution in [2.24, 2.45) is 5.73 Å². The Balaban J connectivity index is 2.35. The van der Waals surface area contributed by atoms with Crippen molar-refractivity contribution in [3.63, 3.8) is 0 Å². The van der Waals surface area contributed by atoms with E-state index in [-0.39, 0.29) is 18.1 Å². The fraction of sp³-hybridized carbons (Fsp3) is 0.533. The highest BCUT2D eigenvalue weighted by atomic mass is 16.5. The third-order valence-electron chi connectivity index (χ3n) is 3.49. The second kappa shape index (κ2) is 7.92. The molecule has 3 N–H and O–H groups in total. The van der Waals surface area contributed by atoms with E-state index in [4.69, 9.17) is 10.5 Å². The lowest BCUT2D eigenvalue weighted by atomic mass is 9.93. The second-order valence-electron chi connectivity index (χ2n) is 4.72. The molecule has 0 aliphatic carbocycles. The van der Waals surface area contributed by atoms with Crippen molar-refractivity contribution in [3.8, 4) is 0 Å². The first-order valence-corrected chi connectivity index (χ1v) is 6.78. The molecule has 19 heavy (non-hydrogen) atoms. The van der Waals surface area contributed by atoms with Gasteiger partial charge in [-0.3, -0.25) is 4.79 Å². The molecule has 0 spiro atoms. The van der Waals surface area contributed by atoms with Gasteiger partial charge < -0.3 is 15.8 Å². The maximum Gasteiger partial charge on any atom is 0.246 e. The Bertz CT molecular complexity index is 367. The normalized spacial score (nSPS) is 11.3. The first kappa shape index (κ1) is 15.7. The van der Waals surface area contributed by atoms with Gasteiger partial charge >= 0.3 is 0 Å². The monoisotopic (exact) mass is 264 g/mol. The molecule has 4 heteroatoms. The number of amides is 1. The number of carbonyl (C=O) groups excluding carboxylic acids is 1. The number of rotatable bonds is 8. The van der Waals surface area contributed by atoms with E-state index in [1.807, 2.05) is 44.2 Å². The van der Waals surface area contributed by atoms with Crippen molar-refractivity contribution in [1.29, 1.82) is 0 Å². The number of hydrogen-bond donors (Lipinski definition) is 2. The van der Waals surface area contributed by atoms with Crippen LogP contribution < -0.4 is 11.1 Å². The lowest BCUT2D eigenvalue weighted by molar-refractivity contribution is -0.128. The van der Waals surface area contributed by atoms with Gasteiger partial charge in [0.25, 0.3) is 0 Å². The summed E-state index contributed by atoms with van der Waals surface area (Å²) in [6, 6.07) is 9.80. The molecule has 0 radical (unpaired) electrons. The van der Waals surface area contributed by atoms with Gasteiger partial charge in [0.15, 0.2) is 0 Å². The van der Waals surface area contributed by atoms with Gasteiger partial charge in [0.05, 0.1) is 12.1 Å². The van der Waals surface area contributed by atoms with Gasteiger partial charge in [-0.1, -0.05) is 44.2 Å². The van der Waals surface area contributed by atoms with Crippen LogP contribution in [0, 0.1) is 0 Å².